The third kappa shape index (κ3) is 3.39. The Kier molecular flexibility index (Phi) is 4.13. The maximum Gasteiger partial charge on any atom is 0.251 e. The summed E-state index contributed by atoms with van der Waals surface area (Å²) in [5.74, 6) is 0.338. The molecule has 1 aromatic carbocycles. The van der Waals surface area contributed by atoms with E-state index in [1.807, 2.05) is 0 Å². The molecule has 8 heteroatoms. The van der Waals surface area contributed by atoms with Crippen LogP contribution in [-0.2, 0) is 14.8 Å². The van der Waals surface area contributed by atoms with Gasteiger partial charge in [0.15, 0.2) is 0 Å². The van der Waals surface area contributed by atoms with Gasteiger partial charge < -0.3 is 10.1 Å². The van der Waals surface area contributed by atoms with Crippen LogP contribution < -0.4 is 14.8 Å². The second-order valence-corrected chi connectivity index (χ2v) is 8.16. The summed E-state index contributed by atoms with van der Waals surface area (Å²) in [7, 11) is -2.11. The van der Waals surface area contributed by atoms with Crippen LogP contribution in [0.2, 0.25) is 0 Å². The van der Waals surface area contributed by atoms with E-state index < -0.39 is 15.6 Å². The molecule has 1 fully saturated rings. The minimum atomic E-state index is -3.67. The van der Waals surface area contributed by atoms with Gasteiger partial charge in [0.1, 0.15) is 15.5 Å². The Morgan fingerprint density at radius 3 is 2.43 bits per heavy atom. The molecule has 1 amide bonds. The van der Waals surface area contributed by atoms with E-state index in [1.165, 1.54) is 6.07 Å². The largest absolute Gasteiger partial charge is 0.497 e. The first kappa shape index (κ1) is 16.0. The summed E-state index contributed by atoms with van der Waals surface area (Å²) in [4.78, 5) is 12.4. The second kappa shape index (κ2) is 5.95. The summed E-state index contributed by atoms with van der Waals surface area (Å²) in [5, 5.41) is 4.43. The fraction of sp³-hybridized carbons (Fsp3) is 0.267. The SMILES string of the molecule is COc1ccc(NC(=O)C2(NS(=O)(=O)c3cccs3)CC2)cc1. The number of nitrogens with one attached hydrogen (secondary N) is 2. The number of hydrogen-bond donors (Lipinski definition) is 2. The third-order valence-corrected chi connectivity index (χ3v) is 6.56. The summed E-state index contributed by atoms with van der Waals surface area (Å²) >= 11 is 1.12. The number of methoxy groups -OCH3 is 1. The van der Waals surface area contributed by atoms with Crippen molar-refractivity contribution in [3.8, 4) is 5.75 Å². The molecule has 3 rings (SSSR count). The first-order chi connectivity index (χ1) is 11.0. The van der Waals surface area contributed by atoms with Gasteiger partial charge in [0.05, 0.1) is 7.11 Å². The van der Waals surface area contributed by atoms with Gasteiger partial charge in [-0.15, -0.1) is 11.3 Å². The highest BCUT2D eigenvalue weighted by Gasteiger charge is 2.53. The monoisotopic (exact) mass is 352 g/mol. The van der Waals surface area contributed by atoms with Crippen molar-refractivity contribution in [3.05, 3.63) is 41.8 Å². The van der Waals surface area contributed by atoms with Crippen molar-refractivity contribution in [3.63, 3.8) is 0 Å². The molecular formula is C15H16N2O4S2. The number of anilines is 1. The van der Waals surface area contributed by atoms with Gasteiger partial charge >= 0.3 is 0 Å². The highest BCUT2D eigenvalue weighted by atomic mass is 32.2. The predicted octanol–water partition coefficient (Wildman–Crippen LogP) is 2.21. The molecule has 2 N–H and O–H groups in total. The number of carbonyl (C=O) groups excluding carboxylic acids is 1. The van der Waals surface area contributed by atoms with E-state index in [9.17, 15) is 13.2 Å². The molecule has 0 atom stereocenters. The lowest BCUT2D eigenvalue weighted by Crippen LogP contribution is -2.45. The van der Waals surface area contributed by atoms with Crippen LogP contribution in [0.15, 0.2) is 46.0 Å². The predicted molar refractivity (Wildman–Crippen MR) is 88.2 cm³/mol. The van der Waals surface area contributed by atoms with Crippen molar-refractivity contribution >= 4 is 33.0 Å². The fourth-order valence-corrected chi connectivity index (χ4v) is 4.57. The molecule has 1 aromatic heterocycles. The quantitative estimate of drug-likeness (QED) is 0.835. The number of ether oxygens (including phenoxy) is 1. The molecule has 6 nitrogen and oxygen atoms in total. The summed E-state index contributed by atoms with van der Waals surface area (Å²) < 4.78 is 32.4. The summed E-state index contributed by atoms with van der Waals surface area (Å²) in [6, 6.07) is 10.1. The molecule has 0 unspecified atom stereocenters. The van der Waals surface area contributed by atoms with Gasteiger partial charge in [-0.25, -0.2) is 8.42 Å². The van der Waals surface area contributed by atoms with E-state index in [0.717, 1.165) is 11.3 Å². The van der Waals surface area contributed by atoms with Gasteiger partial charge in [-0.3, -0.25) is 4.79 Å². The van der Waals surface area contributed by atoms with Crippen LogP contribution in [0.1, 0.15) is 12.8 Å². The van der Waals surface area contributed by atoms with E-state index in [2.05, 4.69) is 10.0 Å². The number of carbonyl (C=O) groups is 1. The minimum Gasteiger partial charge on any atom is -0.497 e. The average Bonchev–Trinajstić information content (AvgIpc) is 3.09. The van der Waals surface area contributed by atoms with Crippen LogP contribution >= 0.6 is 11.3 Å². The number of amides is 1. The molecule has 0 saturated heterocycles. The van der Waals surface area contributed by atoms with Gasteiger partial charge in [-0.2, -0.15) is 4.72 Å². The fourth-order valence-electron chi connectivity index (χ4n) is 2.15. The lowest BCUT2D eigenvalue weighted by Gasteiger charge is -2.17. The van der Waals surface area contributed by atoms with E-state index in [-0.39, 0.29) is 10.1 Å². The number of hydrogen-bond acceptors (Lipinski definition) is 5. The lowest BCUT2D eigenvalue weighted by atomic mass is 10.2. The van der Waals surface area contributed by atoms with Crippen LogP contribution in [0.5, 0.6) is 5.75 Å². The zero-order chi connectivity index (χ0) is 16.5. The molecular weight excluding hydrogens is 336 g/mol. The first-order valence-electron chi connectivity index (χ1n) is 6.98. The highest BCUT2D eigenvalue weighted by Crippen LogP contribution is 2.38. The summed E-state index contributed by atoms with van der Waals surface area (Å²) in [6.07, 6.45) is 0.971. The van der Waals surface area contributed by atoms with Gasteiger partial charge in [0, 0.05) is 5.69 Å². The van der Waals surface area contributed by atoms with Crippen molar-refractivity contribution in [2.75, 3.05) is 12.4 Å². The van der Waals surface area contributed by atoms with Crippen LogP contribution in [0, 0.1) is 0 Å². The molecule has 0 spiro atoms. The number of benzene rings is 1. The normalized spacial score (nSPS) is 15.9. The zero-order valence-corrected chi connectivity index (χ0v) is 14.0. The Morgan fingerprint density at radius 2 is 1.91 bits per heavy atom. The molecule has 122 valence electrons. The Hall–Kier alpha value is -1.90. The Labute approximate surface area is 138 Å². The highest BCUT2D eigenvalue weighted by molar-refractivity contribution is 7.91. The van der Waals surface area contributed by atoms with Gasteiger partial charge in [-0.1, -0.05) is 6.07 Å². The Morgan fingerprint density at radius 1 is 1.22 bits per heavy atom. The Bertz CT molecular complexity index is 795. The van der Waals surface area contributed by atoms with Crippen molar-refractivity contribution < 1.29 is 17.9 Å². The van der Waals surface area contributed by atoms with Gasteiger partial charge in [0.25, 0.3) is 10.0 Å². The topological polar surface area (TPSA) is 84.5 Å². The molecule has 1 saturated carbocycles. The number of sulfonamides is 1. The first-order valence-corrected chi connectivity index (χ1v) is 9.34. The van der Waals surface area contributed by atoms with Crippen molar-refractivity contribution in [1.29, 1.82) is 0 Å². The van der Waals surface area contributed by atoms with E-state index >= 15 is 0 Å². The smallest absolute Gasteiger partial charge is 0.251 e. The maximum absolute atomic E-state index is 12.4. The number of thiophene rings is 1. The van der Waals surface area contributed by atoms with Crippen LogP contribution in [0.25, 0.3) is 0 Å². The van der Waals surface area contributed by atoms with Crippen molar-refractivity contribution in [2.24, 2.45) is 0 Å². The summed E-state index contributed by atoms with van der Waals surface area (Å²) in [6.45, 7) is 0. The molecule has 1 heterocycles. The van der Waals surface area contributed by atoms with Gasteiger partial charge in [-0.05, 0) is 48.6 Å². The number of rotatable bonds is 6. The summed E-state index contributed by atoms with van der Waals surface area (Å²) in [5.41, 5.74) is -0.458. The molecule has 1 aliphatic rings. The molecule has 1 aliphatic carbocycles. The Balaban J connectivity index is 1.71. The third-order valence-electron chi connectivity index (χ3n) is 3.62. The van der Waals surface area contributed by atoms with Crippen LogP contribution in [0.4, 0.5) is 5.69 Å². The average molecular weight is 352 g/mol. The molecule has 2 aromatic rings. The minimum absolute atomic E-state index is 0.209. The molecule has 23 heavy (non-hydrogen) atoms. The standard InChI is InChI=1S/C15H16N2O4S2/c1-21-12-6-4-11(5-7-12)16-14(18)15(8-9-15)17-23(19,20)13-3-2-10-22-13/h2-7,10,17H,8-9H2,1H3,(H,16,18). The lowest BCUT2D eigenvalue weighted by molar-refractivity contribution is -0.118. The van der Waals surface area contributed by atoms with Crippen molar-refractivity contribution in [1.82, 2.24) is 4.72 Å². The molecule has 0 radical (unpaired) electrons. The zero-order valence-electron chi connectivity index (χ0n) is 12.4. The van der Waals surface area contributed by atoms with Crippen molar-refractivity contribution in [2.45, 2.75) is 22.6 Å². The molecule has 0 aliphatic heterocycles. The van der Waals surface area contributed by atoms with Gasteiger partial charge in [0.2, 0.25) is 5.91 Å². The van der Waals surface area contributed by atoms with E-state index in [0.29, 0.717) is 24.3 Å². The van der Waals surface area contributed by atoms with Crippen LogP contribution in [-0.4, -0.2) is 27.0 Å². The van der Waals surface area contributed by atoms with Crippen LogP contribution in [0.3, 0.4) is 0 Å². The van der Waals surface area contributed by atoms with E-state index in [1.54, 1.807) is 42.8 Å². The van der Waals surface area contributed by atoms with E-state index in [4.69, 9.17) is 4.74 Å². The molecule has 0 bridgehead atoms. The maximum atomic E-state index is 12.4. The second-order valence-electron chi connectivity index (χ2n) is 5.30.